The molecule has 1 aliphatic rings. The number of unbranched alkanes of at least 4 members (excludes halogenated alkanes) is 1. The molecule has 1 heterocycles. The molecule has 0 bridgehead atoms. The zero-order chi connectivity index (χ0) is 29.0. The van der Waals surface area contributed by atoms with Gasteiger partial charge in [0, 0.05) is 16.9 Å². The van der Waals surface area contributed by atoms with Crippen molar-refractivity contribution in [1.29, 1.82) is 0 Å². The summed E-state index contributed by atoms with van der Waals surface area (Å²) in [6, 6.07) is 14.5. The third kappa shape index (κ3) is 6.16. The van der Waals surface area contributed by atoms with Gasteiger partial charge < -0.3 is 15.4 Å². The first-order valence-corrected chi connectivity index (χ1v) is 13.1. The smallest absolute Gasteiger partial charge is 0.338 e. The topological polar surface area (TPSA) is 105 Å². The molecular weight excluding hydrogens is 560 g/mol. The molecule has 0 fully saturated rings. The fourth-order valence-corrected chi connectivity index (χ4v) is 4.21. The van der Waals surface area contributed by atoms with E-state index in [4.69, 9.17) is 27.9 Å². The summed E-state index contributed by atoms with van der Waals surface area (Å²) in [5.41, 5.74) is 1.79. The molecule has 40 heavy (non-hydrogen) atoms. The van der Waals surface area contributed by atoms with Crippen LogP contribution >= 0.6 is 23.2 Å². The highest BCUT2D eigenvalue weighted by Gasteiger charge is 2.39. The van der Waals surface area contributed by atoms with Crippen molar-refractivity contribution in [3.63, 3.8) is 0 Å². The van der Waals surface area contributed by atoms with Crippen LogP contribution in [0.25, 0.3) is 0 Å². The SMILES string of the molecule is CCCCOC(=O)c1cccc(NC(=O)c2ccc(C)c(NC3=C(Cl)C(=O)N(c4ccc(F)c(Cl)c4)C3=O)c2)c1. The van der Waals surface area contributed by atoms with Gasteiger partial charge in [-0.15, -0.1) is 0 Å². The zero-order valence-corrected chi connectivity index (χ0v) is 23.0. The van der Waals surface area contributed by atoms with Gasteiger partial charge in [-0.1, -0.05) is 48.7 Å². The third-order valence-corrected chi connectivity index (χ3v) is 6.68. The summed E-state index contributed by atoms with van der Waals surface area (Å²) in [4.78, 5) is 51.9. The van der Waals surface area contributed by atoms with E-state index in [1.165, 1.54) is 18.2 Å². The fourth-order valence-electron chi connectivity index (χ4n) is 3.82. The highest BCUT2D eigenvalue weighted by atomic mass is 35.5. The van der Waals surface area contributed by atoms with Crippen LogP contribution in [-0.4, -0.2) is 30.3 Å². The molecular formula is C29H24Cl2FN3O5. The molecule has 0 unspecified atom stereocenters. The van der Waals surface area contributed by atoms with Crippen LogP contribution in [0.4, 0.5) is 21.5 Å². The van der Waals surface area contributed by atoms with Crippen LogP contribution in [0.1, 0.15) is 46.0 Å². The Hall–Kier alpha value is -4.21. The van der Waals surface area contributed by atoms with Crippen molar-refractivity contribution in [1.82, 2.24) is 0 Å². The average molecular weight is 584 g/mol. The van der Waals surface area contributed by atoms with Crippen LogP contribution in [0.2, 0.25) is 5.02 Å². The Morgan fingerprint density at radius 2 is 1.75 bits per heavy atom. The maximum absolute atomic E-state index is 13.6. The number of ether oxygens (including phenoxy) is 1. The van der Waals surface area contributed by atoms with Crippen molar-refractivity contribution in [2.45, 2.75) is 26.7 Å². The lowest BCUT2D eigenvalue weighted by Gasteiger charge is -2.16. The zero-order valence-electron chi connectivity index (χ0n) is 21.5. The number of rotatable bonds is 9. The van der Waals surface area contributed by atoms with Crippen LogP contribution in [0, 0.1) is 12.7 Å². The first-order valence-electron chi connectivity index (χ1n) is 12.3. The predicted molar refractivity (Wildman–Crippen MR) is 151 cm³/mol. The van der Waals surface area contributed by atoms with Gasteiger partial charge in [0.25, 0.3) is 17.7 Å². The number of hydrogen-bond acceptors (Lipinski definition) is 6. The van der Waals surface area contributed by atoms with Crippen LogP contribution in [0.3, 0.4) is 0 Å². The van der Waals surface area contributed by atoms with Crippen LogP contribution in [-0.2, 0) is 14.3 Å². The fraction of sp³-hybridized carbons (Fsp3) is 0.172. The largest absolute Gasteiger partial charge is 0.462 e. The lowest BCUT2D eigenvalue weighted by molar-refractivity contribution is -0.120. The van der Waals surface area contributed by atoms with E-state index in [1.807, 2.05) is 6.92 Å². The molecule has 0 aromatic heterocycles. The quantitative estimate of drug-likeness (QED) is 0.171. The average Bonchev–Trinajstić information content (AvgIpc) is 3.14. The second kappa shape index (κ2) is 12.3. The van der Waals surface area contributed by atoms with Gasteiger partial charge in [0.15, 0.2) is 0 Å². The Labute approximate surface area is 239 Å². The Morgan fingerprint density at radius 1 is 0.975 bits per heavy atom. The Morgan fingerprint density at radius 3 is 2.48 bits per heavy atom. The molecule has 0 atom stereocenters. The molecule has 3 aromatic rings. The van der Waals surface area contributed by atoms with Gasteiger partial charge in [-0.2, -0.15) is 0 Å². The number of hydrogen-bond donors (Lipinski definition) is 2. The number of carbonyl (C=O) groups is 4. The second-order valence-electron chi connectivity index (χ2n) is 8.91. The monoisotopic (exact) mass is 583 g/mol. The number of imide groups is 1. The van der Waals surface area contributed by atoms with E-state index in [2.05, 4.69) is 10.6 Å². The number of esters is 1. The summed E-state index contributed by atoms with van der Waals surface area (Å²) >= 11 is 12.0. The Kier molecular flexibility index (Phi) is 8.86. The summed E-state index contributed by atoms with van der Waals surface area (Å²) in [6.07, 6.45) is 1.65. The highest BCUT2D eigenvalue weighted by molar-refractivity contribution is 6.53. The maximum atomic E-state index is 13.6. The number of aryl methyl sites for hydroxylation is 1. The Bertz CT molecular complexity index is 1560. The van der Waals surface area contributed by atoms with E-state index in [9.17, 15) is 23.6 Å². The minimum atomic E-state index is -0.809. The van der Waals surface area contributed by atoms with Gasteiger partial charge in [-0.05, 0) is 67.4 Å². The standard InChI is InChI=1S/C29H24Cl2FN3O5/c1-3-4-12-40-29(39)18-6-5-7-19(13-18)33-26(36)17-9-8-16(2)23(14-17)34-25-24(31)27(37)35(28(25)38)20-10-11-22(32)21(30)15-20/h5-11,13-15,34H,3-4,12H2,1-2H3,(H,33,36). The van der Waals surface area contributed by atoms with Crippen LogP contribution in [0.15, 0.2) is 71.4 Å². The van der Waals surface area contributed by atoms with Crippen molar-refractivity contribution < 1.29 is 28.3 Å². The Balaban J connectivity index is 1.51. The molecule has 3 aromatic carbocycles. The van der Waals surface area contributed by atoms with Crippen LogP contribution < -0.4 is 15.5 Å². The van der Waals surface area contributed by atoms with Crippen molar-refractivity contribution in [2.24, 2.45) is 0 Å². The molecule has 0 radical (unpaired) electrons. The van der Waals surface area contributed by atoms with E-state index in [-0.39, 0.29) is 27.0 Å². The van der Waals surface area contributed by atoms with E-state index in [0.717, 1.165) is 29.9 Å². The van der Waals surface area contributed by atoms with E-state index >= 15 is 0 Å². The molecule has 2 N–H and O–H groups in total. The molecule has 8 nitrogen and oxygen atoms in total. The number of nitrogens with one attached hydrogen (secondary N) is 2. The van der Waals surface area contributed by atoms with Crippen molar-refractivity contribution in [3.8, 4) is 0 Å². The first-order chi connectivity index (χ1) is 19.1. The normalized spacial score (nSPS) is 13.1. The molecule has 4 rings (SSSR count). The summed E-state index contributed by atoms with van der Waals surface area (Å²) in [6.45, 7) is 4.05. The minimum absolute atomic E-state index is 0.0534. The van der Waals surface area contributed by atoms with Gasteiger partial charge in [0.2, 0.25) is 0 Å². The number of nitrogens with zero attached hydrogens (tertiary/aromatic N) is 1. The van der Waals surface area contributed by atoms with Gasteiger partial charge in [0.1, 0.15) is 16.5 Å². The summed E-state index contributed by atoms with van der Waals surface area (Å²) in [5, 5.41) is 4.97. The molecule has 3 amide bonds. The van der Waals surface area contributed by atoms with Crippen LogP contribution in [0.5, 0.6) is 0 Å². The summed E-state index contributed by atoms with van der Waals surface area (Å²) < 4.78 is 18.8. The molecule has 11 heteroatoms. The molecule has 1 aliphatic heterocycles. The molecule has 0 saturated carbocycles. The number of carbonyl (C=O) groups excluding carboxylic acids is 4. The molecule has 0 aliphatic carbocycles. The van der Waals surface area contributed by atoms with Gasteiger partial charge in [-0.3, -0.25) is 14.4 Å². The summed E-state index contributed by atoms with van der Waals surface area (Å²) in [7, 11) is 0. The first kappa shape index (κ1) is 28.8. The molecule has 0 saturated heterocycles. The van der Waals surface area contributed by atoms with Gasteiger partial charge >= 0.3 is 5.97 Å². The van der Waals surface area contributed by atoms with Gasteiger partial charge in [-0.25, -0.2) is 14.1 Å². The van der Waals surface area contributed by atoms with Crippen molar-refractivity contribution in [2.75, 3.05) is 22.1 Å². The van der Waals surface area contributed by atoms with Crippen molar-refractivity contribution >= 4 is 64.0 Å². The second-order valence-corrected chi connectivity index (χ2v) is 9.70. The summed E-state index contributed by atoms with van der Waals surface area (Å²) in [5.74, 6) is -3.24. The molecule has 0 spiro atoms. The number of amides is 3. The highest BCUT2D eigenvalue weighted by Crippen LogP contribution is 2.33. The van der Waals surface area contributed by atoms with E-state index in [1.54, 1.807) is 37.3 Å². The lowest BCUT2D eigenvalue weighted by Crippen LogP contribution is -2.32. The maximum Gasteiger partial charge on any atom is 0.338 e. The minimum Gasteiger partial charge on any atom is -0.462 e. The van der Waals surface area contributed by atoms with Crippen molar-refractivity contribution in [3.05, 3.63) is 98.9 Å². The molecule has 206 valence electrons. The number of halogens is 3. The van der Waals surface area contributed by atoms with Gasteiger partial charge in [0.05, 0.1) is 22.9 Å². The number of anilines is 3. The van der Waals surface area contributed by atoms with E-state index in [0.29, 0.717) is 29.1 Å². The van der Waals surface area contributed by atoms with E-state index < -0.39 is 29.5 Å². The lowest BCUT2D eigenvalue weighted by atomic mass is 10.1. The predicted octanol–water partition coefficient (Wildman–Crippen LogP) is 6.43. The third-order valence-electron chi connectivity index (χ3n) is 6.04. The number of benzene rings is 3.